The van der Waals surface area contributed by atoms with Gasteiger partial charge in [-0.3, -0.25) is 4.79 Å². The maximum absolute atomic E-state index is 13.4. The summed E-state index contributed by atoms with van der Waals surface area (Å²) in [7, 11) is -1.14. The largest absolute Gasteiger partial charge is 0.497 e. The number of carbonyl (C=O) groups excluding carboxylic acids is 3. The molecule has 3 amide bonds. The fourth-order valence-corrected chi connectivity index (χ4v) is 6.77. The summed E-state index contributed by atoms with van der Waals surface area (Å²) >= 11 is 1.06. The standard InChI is InChI=1S/C26H28N4O7S2/c1-36-21-6-3-5-18(15-21)16-27-24(31)22-17-29(12-13-30(22)39(34,35)23-7-4-14-38-23)26(33)28-20-10-8-19(9-11-20)25(32)37-2/h3-11,14-15,22H,12-13,16-17H2,1-2H3,(H,27,31)(H,28,33). The molecule has 0 saturated carbocycles. The number of methoxy groups -OCH3 is 2. The molecule has 11 nitrogen and oxygen atoms in total. The second-order valence-corrected chi connectivity index (χ2v) is 11.6. The van der Waals surface area contributed by atoms with E-state index in [1.54, 1.807) is 48.9 Å². The zero-order valence-corrected chi connectivity index (χ0v) is 23.0. The first-order valence-electron chi connectivity index (χ1n) is 11.9. The molecule has 2 heterocycles. The Bertz CT molecular complexity index is 1430. The third-order valence-electron chi connectivity index (χ3n) is 6.14. The molecule has 39 heavy (non-hydrogen) atoms. The van der Waals surface area contributed by atoms with Crippen molar-refractivity contribution in [2.24, 2.45) is 0 Å². The number of thiophene rings is 1. The zero-order valence-electron chi connectivity index (χ0n) is 21.3. The van der Waals surface area contributed by atoms with Crippen molar-refractivity contribution in [3.8, 4) is 5.75 Å². The highest BCUT2D eigenvalue weighted by Gasteiger charge is 2.41. The van der Waals surface area contributed by atoms with Gasteiger partial charge in [0.25, 0.3) is 10.0 Å². The van der Waals surface area contributed by atoms with E-state index in [-0.39, 0.29) is 30.4 Å². The summed E-state index contributed by atoms with van der Waals surface area (Å²) in [6, 6.07) is 14.8. The summed E-state index contributed by atoms with van der Waals surface area (Å²) in [5.41, 5.74) is 1.53. The van der Waals surface area contributed by atoms with Gasteiger partial charge >= 0.3 is 12.0 Å². The van der Waals surface area contributed by atoms with Crippen LogP contribution in [0.4, 0.5) is 10.5 Å². The summed E-state index contributed by atoms with van der Waals surface area (Å²) in [6.45, 7) is 0.0152. The van der Waals surface area contributed by atoms with E-state index in [2.05, 4.69) is 15.4 Å². The summed E-state index contributed by atoms with van der Waals surface area (Å²) in [4.78, 5) is 39.5. The van der Waals surface area contributed by atoms with Crippen LogP contribution in [-0.4, -0.2) is 75.4 Å². The van der Waals surface area contributed by atoms with Gasteiger partial charge in [-0.25, -0.2) is 18.0 Å². The molecule has 3 aromatic rings. The molecule has 2 N–H and O–H groups in total. The highest BCUT2D eigenvalue weighted by atomic mass is 32.2. The molecular weight excluding hydrogens is 544 g/mol. The predicted octanol–water partition coefficient (Wildman–Crippen LogP) is 2.77. The zero-order chi connectivity index (χ0) is 28.0. The number of hydrogen-bond donors (Lipinski definition) is 2. The number of ether oxygens (including phenoxy) is 2. The molecule has 2 aromatic carbocycles. The maximum atomic E-state index is 13.4. The molecule has 1 aliphatic rings. The number of anilines is 1. The van der Waals surface area contributed by atoms with Gasteiger partial charge in [0.05, 0.1) is 19.8 Å². The second kappa shape index (κ2) is 12.3. The Morgan fingerprint density at radius 3 is 2.46 bits per heavy atom. The Balaban J connectivity index is 1.50. The topological polar surface area (TPSA) is 134 Å². The van der Waals surface area contributed by atoms with E-state index in [1.807, 2.05) is 6.07 Å². The lowest BCUT2D eigenvalue weighted by molar-refractivity contribution is -0.126. The van der Waals surface area contributed by atoms with E-state index in [9.17, 15) is 22.8 Å². The van der Waals surface area contributed by atoms with E-state index in [0.29, 0.717) is 17.0 Å². The molecule has 1 aliphatic heterocycles. The number of nitrogens with zero attached hydrogens (tertiary/aromatic N) is 2. The van der Waals surface area contributed by atoms with Crippen LogP contribution in [0, 0.1) is 0 Å². The average Bonchev–Trinajstić information content (AvgIpc) is 3.52. The molecule has 1 atom stereocenters. The molecule has 0 radical (unpaired) electrons. The van der Waals surface area contributed by atoms with Crippen molar-refractivity contribution in [2.45, 2.75) is 16.8 Å². The number of hydrogen-bond acceptors (Lipinski definition) is 8. The average molecular weight is 573 g/mol. The monoisotopic (exact) mass is 572 g/mol. The molecule has 1 unspecified atom stereocenters. The lowest BCUT2D eigenvalue weighted by atomic mass is 10.1. The first-order valence-corrected chi connectivity index (χ1v) is 14.2. The SMILES string of the molecule is COC(=O)c1ccc(NC(=O)N2CCN(S(=O)(=O)c3cccs3)C(C(=O)NCc3cccc(OC)c3)C2)cc1. The van der Waals surface area contributed by atoms with Crippen molar-refractivity contribution < 1.29 is 32.3 Å². The number of esters is 1. The molecule has 1 fully saturated rings. The Hall–Kier alpha value is -3.94. The van der Waals surface area contributed by atoms with Gasteiger partial charge in [-0.2, -0.15) is 4.31 Å². The molecule has 13 heteroatoms. The van der Waals surface area contributed by atoms with Gasteiger partial charge in [0.15, 0.2) is 0 Å². The van der Waals surface area contributed by atoms with E-state index in [0.717, 1.165) is 21.2 Å². The van der Waals surface area contributed by atoms with Crippen molar-refractivity contribution in [1.29, 1.82) is 0 Å². The molecule has 1 aromatic heterocycles. The van der Waals surface area contributed by atoms with E-state index < -0.39 is 34.0 Å². The van der Waals surface area contributed by atoms with Crippen molar-refractivity contribution in [3.63, 3.8) is 0 Å². The molecular formula is C26H28N4O7S2. The maximum Gasteiger partial charge on any atom is 0.337 e. The number of carbonyl (C=O) groups is 3. The van der Waals surface area contributed by atoms with Crippen LogP contribution in [-0.2, 0) is 26.1 Å². The summed E-state index contributed by atoms with van der Waals surface area (Å²) in [5.74, 6) is -0.402. The van der Waals surface area contributed by atoms with Crippen LogP contribution in [0.1, 0.15) is 15.9 Å². The number of rotatable bonds is 8. The number of amides is 3. The molecule has 206 valence electrons. The fraction of sp³-hybridized carbons (Fsp3) is 0.269. The van der Waals surface area contributed by atoms with Crippen molar-refractivity contribution in [3.05, 3.63) is 77.2 Å². The highest BCUT2D eigenvalue weighted by molar-refractivity contribution is 7.91. The fourth-order valence-electron chi connectivity index (χ4n) is 4.08. The van der Waals surface area contributed by atoms with Crippen LogP contribution in [0.15, 0.2) is 70.3 Å². The molecule has 0 spiro atoms. The Morgan fingerprint density at radius 2 is 1.79 bits per heavy atom. The first-order chi connectivity index (χ1) is 18.7. The minimum atomic E-state index is -3.96. The Labute approximate surface area is 230 Å². The van der Waals surface area contributed by atoms with Gasteiger partial charge in [0, 0.05) is 31.9 Å². The molecule has 0 bridgehead atoms. The van der Waals surface area contributed by atoms with Crippen LogP contribution >= 0.6 is 11.3 Å². The normalized spacial score (nSPS) is 15.8. The van der Waals surface area contributed by atoms with Gasteiger partial charge in [-0.15, -0.1) is 11.3 Å². The number of sulfonamides is 1. The van der Waals surface area contributed by atoms with Crippen LogP contribution < -0.4 is 15.4 Å². The van der Waals surface area contributed by atoms with Crippen LogP contribution in [0.5, 0.6) is 5.75 Å². The smallest absolute Gasteiger partial charge is 0.337 e. The van der Waals surface area contributed by atoms with Crippen molar-refractivity contribution in [1.82, 2.24) is 14.5 Å². The van der Waals surface area contributed by atoms with Gasteiger partial charge in [0.2, 0.25) is 5.91 Å². The van der Waals surface area contributed by atoms with E-state index in [1.165, 1.54) is 30.2 Å². The summed E-state index contributed by atoms with van der Waals surface area (Å²) in [5, 5.41) is 7.18. The van der Waals surface area contributed by atoms with Crippen molar-refractivity contribution in [2.75, 3.05) is 39.2 Å². The Kier molecular flexibility index (Phi) is 8.84. The predicted molar refractivity (Wildman–Crippen MR) is 145 cm³/mol. The third kappa shape index (κ3) is 6.56. The first kappa shape index (κ1) is 28.1. The third-order valence-corrected chi connectivity index (χ3v) is 9.42. The minimum absolute atomic E-state index is 0.0633. The quantitative estimate of drug-likeness (QED) is 0.397. The van der Waals surface area contributed by atoms with Gasteiger partial charge in [-0.1, -0.05) is 18.2 Å². The van der Waals surface area contributed by atoms with Crippen molar-refractivity contribution >= 4 is 45.0 Å². The summed E-state index contributed by atoms with van der Waals surface area (Å²) in [6.07, 6.45) is 0. The number of nitrogens with one attached hydrogen (secondary N) is 2. The Morgan fingerprint density at radius 1 is 1.03 bits per heavy atom. The lowest BCUT2D eigenvalue weighted by Gasteiger charge is -2.39. The van der Waals surface area contributed by atoms with E-state index in [4.69, 9.17) is 4.74 Å². The van der Waals surface area contributed by atoms with Crippen LogP contribution in [0.3, 0.4) is 0 Å². The molecule has 1 saturated heterocycles. The number of benzene rings is 2. The highest BCUT2D eigenvalue weighted by Crippen LogP contribution is 2.26. The molecule has 4 rings (SSSR count). The second-order valence-electron chi connectivity index (χ2n) is 8.58. The van der Waals surface area contributed by atoms with Crippen LogP contribution in [0.2, 0.25) is 0 Å². The number of urea groups is 1. The van der Waals surface area contributed by atoms with E-state index >= 15 is 0 Å². The lowest BCUT2D eigenvalue weighted by Crippen LogP contribution is -2.61. The van der Waals surface area contributed by atoms with Gasteiger partial charge in [-0.05, 0) is 53.4 Å². The number of piperazine rings is 1. The van der Waals surface area contributed by atoms with Gasteiger partial charge in [0.1, 0.15) is 16.0 Å². The van der Waals surface area contributed by atoms with Gasteiger partial charge < -0.3 is 25.0 Å². The molecule has 0 aliphatic carbocycles. The summed E-state index contributed by atoms with van der Waals surface area (Å²) < 4.78 is 37.9. The van der Waals surface area contributed by atoms with Crippen LogP contribution in [0.25, 0.3) is 0 Å². The minimum Gasteiger partial charge on any atom is -0.497 e.